The van der Waals surface area contributed by atoms with Crippen molar-refractivity contribution in [2.24, 2.45) is 10.4 Å². The molecule has 0 aromatic heterocycles. The molecule has 0 bridgehead atoms. The molecule has 0 amide bonds. The largest absolute Gasteiger partial charge is 0.369 e. The second-order valence-corrected chi connectivity index (χ2v) is 15.4. The first-order chi connectivity index (χ1) is 23.6. The van der Waals surface area contributed by atoms with Crippen molar-refractivity contribution in [1.29, 1.82) is 0 Å². The lowest BCUT2D eigenvalue weighted by Crippen LogP contribution is -2.32. The Morgan fingerprint density at radius 3 is 2.08 bits per heavy atom. The van der Waals surface area contributed by atoms with Gasteiger partial charge in [0, 0.05) is 36.2 Å². The Bertz CT molecular complexity index is 1780. The summed E-state index contributed by atoms with van der Waals surface area (Å²) in [5.41, 5.74) is 15.5. The van der Waals surface area contributed by atoms with E-state index in [1.165, 1.54) is 44.7 Å². The van der Waals surface area contributed by atoms with Crippen molar-refractivity contribution in [3.63, 3.8) is 0 Å². The van der Waals surface area contributed by atoms with Crippen molar-refractivity contribution in [3.8, 4) is 0 Å². The highest BCUT2D eigenvalue weighted by Gasteiger charge is 2.33. The van der Waals surface area contributed by atoms with E-state index in [1.54, 1.807) is 0 Å². The number of nitrogens with one attached hydrogen (secondary N) is 1. The molecule has 2 atom stereocenters. The van der Waals surface area contributed by atoms with Gasteiger partial charge in [0.05, 0.1) is 23.1 Å². The SMILES string of the molecule is C=CC1=NC(C(=C)CN(C)c2ccccc2Nc2c(C(C)C)cccc2C(C)C)C(CCC(=C)/C(C)=C(\C)C(C)(C)C(=C)C)c2ccccc21. The molecular formula is C47H61N3. The lowest BCUT2D eigenvalue weighted by molar-refractivity contribution is 0.526. The van der Waals surface area contributed by atoms with Gasteiger partial charge in [0.2, 0.25) is 0 Å². The van der Waals surface area contributed by atoms with Gasteiger partial charge in [0.15, 0.2) is 0 Å². The number of anilines is 3. The van der Waals surface area contributed by atoms with Crippen LogP contribution in [0.4, 0.5) is 17.1 Å². The predicted octanol–water partition coefficient (Wildman–Crippen LogP) is 13.1. The van der Waals surface area contributed by atoms with Gasteiger partial charge in [-0.25, -0.2) is 0 Å². The van der Waals surface area contributed by atoms with E-state index in [9.17, 15) is 0 Å². The Morgan fingerprint density at radius 2 is 1.48 bits per heavy atom. The lowest BCUT2D eigenvalue weighted by atomic mass is 9.75. The fraction of sp³-hybridized carbons (Fsp3) is 0.383. The molecule has 0 fully saturated rings. The molecule has 1 aliphatic rings. The summed E-state index contributed by atoms with van der Waals surface area (Å²) in [6.07, 6.45) is 3.70. The maximum Gasteiger partial charge on any atom is 0.0799 e. The van der Waals surface area contributed by atoms with Crippen LogP contribution >= 0.6 is 0 Å². The van der Waals surface area contributed by atoms with Crippen LogP contribution in [-0.2, 0) is 0 Å². The van der Waals surface area contributed by atoms with E-state index in [0.29, 0.717) is 18.4 Å². The quantitative estimate of drug-likeness (QED) is 0.129. The van der Waals surface area contributed by atoms with Gasteiger partial charge in [-0.2, -0.15) is 0 Å². The average molecular weight is 668 g/mol. The van der Waals surface area contributed by atoms with Gasteiger partial charge in [-0.05, 0) is 91.5 Å². The third-order valence-electron chi connectivity index (χ3n) is 11.1. The zero-order valence-electron chi connectivity index (χ0n) is 32.6. The molecule has 50 heavy (non-hydrogen) atoms. The molecule has 3 aromatic rings. The van der Waals surface area contributed by atoms with Crippen molar-refractivity contribution >= 4 is 22.8 Å². The van der Waals surface area contributed by atoms with Crippen molar-refractivity contribution < 1.29 is 0 Å². The van der Waals surface area contributed by atoms with Crippen molar-refractivity contribution in [3.05, 3.63) is 149 Å². The van der Waals surface area contributed by atoms with Gasteiger partial charge in [-0.3, -0.25) is 4.99 Å². The number of hydrogen-bond donors (Lipinski definition) is 1. The van der Waals surface area contributed by atoms with Crippen LogP contribution in [0.5, 0.6) is 0 Å². The lowest BCUT2D eigenvalue weighted by Gasteiger charge is -2.35. The maximum atomic E-state index is 5.35. The fourth-order valence-corrected chi connectivity index (χ4v) is 7.18. The number of likely N-dealkylation sites (N-methyl/N-ethyl adjacent to an activating group) is 1. The number of hydrogen-bond acceptors (Lipinski definition) is 3. The molecule has 2 unspecified atom stereocenters. The van der Waals surface area contributed by atoms with Gasteiger partial charge >= 0.3 is 0 Å². The molecule has 1 N–H and O–H groups in total. The first-order valence-electron chi connectivity index (χ1n) is 18.3. The van der Waals surface area contributed by atoms with Crippen LogP contribution in [0.3, 0.4) is 0 Å². The Labute approximate surface area is 304 Å². The van der Waals surface area contributed by atoms with Crippen LogP contribution in [0, 0.1) is 5.41 Å². The summed E-state index contributed by atoms with van der Waals surface area (Å²) in [5.74, 6) is 0.983. The molecule has 0 aliphatic carbocycles. The van der Waals surface area contributed by atoms with E-state index < -0.39 is 0 Å². The molecule has 3 aromatic carbocycles. The van der Waals surface area contributed by atoms with Crippen molar-refractivity contribution in [1.82, 2.24) is 0 Å². The maximum absolute atomic E-state index is 5.35. The summed E-state index contributed by atoms with van der Waals surface area (Å²) in [7, 11) is 2.16. The summed E-state index contributed by atoms with van der Waals surface area (Å²) >= 11 is 0. The number of aliphatic imine (C=N–C) groups is 1. The zero-order chi connectivity index (χ0) is 36.9. The highest BCUT2D eigenvalue weighted by atomic mass is 15.1. The van der Waals surface area contributed by atoms with Gasteiger partial charge in [-0.1, -0.05) is 139 Å². The summed E-state index contributed by atoms with van der Waals surface area (Å²) < 4.78 is 0. The Morgan fingerprint density at radius 1 is 0.880 bits per heavy atom. The fourth-order valence-electron chi connectivity index (χ4n) is 7.18. The number of para-hydroxylation sites is 3. The highest BCUT2D eigenvalue weighted by molar-refractivity contribution is 6.10. The van der Waals surface area contributed by atoms with Crippen LogP contribution in [0.15, 0.2) is 132 Å². The van der Waals surface area contributed by atoms with E-state index in [1.807, 2.05) is 6.08 Å². The molecular weight excluding hydrogens is 607 g/mol. The molecule has 3 nitrogen and oxygen atoms in total. The molecule has 3 heteroatoms. The van der Waals surface area contributed by atoms with E-state index in [2.05, 4.69) is 166 Å². The van der Waals surface area contributed by atoms with E-state index in [4.69, 9.17) is 11.6 Å². The third-order valence-corrected chi connectivity index (χ3v) is 11.1. The minimum Gasteiger partial charge on any atom is -0.369 e. The predicted molar refractivity (Wildman–Crippen MR) is 222 cm³/mol. The molecule has 0 saturated heterocycles. The van der Waals surface area contributed by atoms with Crippen LogP contribution in [-0.4, -0.2) is 25.3 Å². The standard InChI is InChI=1S/C47H61N3/c1-15-42-40-22-17-16-21-39(40)41(28-27-33(8)35(10)36(11)47(12,13)32(6)7)45(48-42)34(9)29-50(14)44-26-19-18-25-43(44)49-46-37(30(2)3)23-20-24-38(46)31(4)5/h15-26,30-31,41,45,49H,1,6,8-9,27-29H2,2-5,7,10-14H3/b36-35+. The summed E-state index contributed by atoms with van der Waals surface area (Å²) in [6, 6.07) is 23.9. The van der Waals surface area contributed by atoms with Crippen LogP contribution in [0.1, 0.15) is 115 Å². The van der Waals surface area contributed by atoms with Crippen molar-refractivity contribution in [2.75, 3.05) is 23.8 Å². The number of nitrogens with zero attached hydrogens (tertiary/aromatic N) is 2. The van der Waals surface area contributed by atoms with Gasteiger partial charge < -0.3 is 10.2 Å². The molecule has 0 radical (unpaired) electrons. The van der Waals surface area contributed by atoms with Crippen molar-refractivity contribution in [2.45, 2.75) is 99.0 Å². The van der Waals surface area contributed by atoms with Crippen LogP contribution in [0.25, 0.3) is 0 Å². The van der Waals surface area contributed by atoms with E-state index in [0.717, 1.165) is 41.1 Å². The minimum absolute atomic E-state index is 0.0760. The number of allylic oxidation sites excluding steroid dienone is 5. The zero-order valence-corrected chi connectivity index (χ0v) is 32.6. The summed E-state index contributed by atoms with van der Waals surface area (Å²) in [6.45, 7) is 38.5. The second-order valence-electron chi connectivity index (χ2n) is 15.4. The van der Waals surface area contributed by atoms with E-state index in [-0.39, 0.29) is 17.4 Å². The van der Waals surface area contributed by atoms with Crippen LogP contribution < -0.4 is 10.2 Å². The Hall–Kier alpha value is -4.37. The Balaban J connectivity index is 1.65. The minimum atomic E-state index is -0.0836. The molecule has 1 aliphatic heterocycles. The summed E-state index contributed by atoms with van der Waals surface area (Å²) in [4.78, 5) is 7.66. The van der Waals surface area contributed by atoms with Gasteiger partial charge in [-0.15, -0.1) is 0 Å². The second kappa shape index (κ2) is 16.1. The third kappa shape index (κ3) is 8.15. The molecule has 4 rings (SSSR count). The average Bonchev–Trinajstić information content (AvgIpc) is 3.09. The molecule has 0 spiro atoms. The summed E-state index contributed by atoms with van der Waals surface area (Å²) in [5, 5.41) is 3.88. The molecule has 1 heterocycles. The number of rotatable bonds is 15. The van der Waals surface area contributed by atoms with E-state index >= 15 is 0 Å². The monoisotopic (exact) mass is 667 g/mol. The topological polar surface area (TPSA) is 27.6 Å². The first kappa shape index (κ1) is 38.4. The Kier molecular flexibility index (Phi) is 12.4. The highest BCUT2D eigenvalue weighted by Crippen LogP contribution is 2.42. The molecule has 264 valence electrons. The van der Waals surface area contributed by atoms with Gasteiger partial charge in [0.25, 0.3) is 0 Å². The normalized spacial score (nSPS) is 16.4. The number of fused-ring (bicyclic) bond motifs is 1. The van der Waals surface area contributed by atoms with Crippen LogP contribution in [0.2, 0.25) is 0 Å². The van der Waals surface area contributed by atoms with Gasteiger partial charge in [0.1, 0.15) is 0 Å². The smallest absolute Gasteiger partial charge is 0.0799 e. The molecule has 0 saturated carbocycles. The number of benzene rings is 3. The first-order valence-corrected chi connectivity index (χ1v) is 18.3.